The van der Waals surface area contributed by atoms with Crippen LogP contribution in [0.1, 0.15) is 11.1 Å². The topological polar surface area (TPSA) is 39.7 Å². The molecule has 2 aromatic rings. The van der Waals surface area contributed by atoms with Crippen molar-refractivity contribution in [1.29, 1.82) is 0 Å². The van der Waals surface area contributed by atoms with Gasteiger partial charge in [0.2, 0.25) is 0 Å². The number of hydrogen-bond acceptors (Lipinski definition) is 1. The van der Waals surface area contributed by atoms with E-state index in [1.165, 1.54) is 11.6 Å². The Kier molecular flexibility index (Phi) is 4.48. The maximum atomic E-state index is 11.8. The predicted molar refractivity (Wildman–Crippen MR) is 71.7 cm³/mol. The molecule has 0 saturated heterocycles. The van der Waals surface area contributed by atoms with Gasteiger partial charge in [0.15, 0.2) is 0 Å². The molecule has 0 spiro atoms. The highest BCUT2D eigenvalue weighted by Crippen LogP contribution is 2.28. The molecule has 94 valence electrons. The Hall–Kier alpha value is -1.22. The van der Waals surface area contributed by atoms with Crippen LogP contribution in [0.2, 0.25) is 10.0 Å². The van der Waals surface area contributed by atoms with E-state index in [1.54, 1.807) is 6.07 Å². The number of quaternary nitrogens is 1. The molecule has 0 unspecified atom stereocenters. The minimum absolute atomic E-state index is 0.134. The van der Waals surface area contributed by atoms with Crippen molar-refractivity contribution in [1.82, 2.24) is 0 Å². The highest BCUT2D eigenvalue weighted by molar-refractivity contribution is 6.35. The summed E-state index contributed by atoms with van der Waals surface area (Å²) in [4.78, 5) is 0. The first-order chi connectivity index (χ1) is 8.66. The lowest BCUT2D eigenvalue weighted by Gasteiger charge is -2.14. The van der Waals surface area contributed by atoms with Crippen LogP contribution >= 0.6 is 23.2 Å². The molecular formula is C14H13Cl2NO. The molecule has 2 N–H and O–H groups in total. The molecule has 2 aromatic carbocycles. The van der Waals surface area contributed by atoms with Gasteiger partial charge in [-0.05, 0) is 12.1 Å². The van der Waals surface area contributed by atoms with Crippen LogP contribution in [0.25, 0.3) is 0 Å². The predicted octanol–water partition coefficient (Wildman–Crippen LogP) is 2.33. The lowest BCUT2D eigenvalue weighted by molar-refractivity contribution is -0.686. The van der Waals surface area contributed by atoms with Crippen LogP contribution < -0.4 is 10.4 Å². The summed E-state index contributed by atoms with van der Waals surface area (Å²) in [5, 5.41) is 14.5. The molecular weight excluding hydrogens is 269 g/mol. The Morgan fingerprint density at radius 2 is 1.72 bits per heavy atom. The second-order valence-electron chi connectivity index (χ2n) is 4.06. The summed E-state index contributed by atoms with van der Waals surface area (Å²) in [6, 6.07) is 13.2. The standard InChI is InChI=1S/C14H13Cl2NO/c15-12-6-11(14(18)13(16)7-12)9-17-8-10-4-2-1-3-5-10/h1-7,17-18H,8-9H2. The normalized spacial score (nSPS) is 10.6. The van der Waals surface area contributed by atoms with Crippen molar-refractivity contribution in [3.8, 4) is 5.75 Å². The third kappa shape index (κ3) is 3.39. The second kappa shape index (κ2) is 6.10. The van der Waals surface area contributed by atoms with Crippen molar-refractivity contribution < 1.29 is 10.4 Å². The van der Waals surface area contributed by atoms with Crippen molar-refractivity contribution in [3.63, 3.8) is 0 Å². The Balaban J connectivity index is 1.99. The first-order valence-electron chi connectivity index (χ1n) is 5.67. The Morgan fingerprint density at radius 3 is 2.44 bits per heavy atom. The van der Waals surface area contributed by atoms with E-state index in [-0.39, 0.29) is 10.8 Å². The van der Waals surface area contributed by atoms with E-state index >= 15 is 0 Å². The highest BCUT2D eigenvalue weighted by Gasteiger charge is 2.03. The number of rotatable bonds is 4. The summed E-state index contributed by atoms with van der Waals surface area (Å²) in [7, 11) is 0. The molecule has 0 saturated carbocycles. The van der Waals surface area contributed by atoms with E-state index in [0.29, 0.717) is 17.1 Å². The van der Waals surface area contributed by atoms with Gasteiger partial charge in [0.05, 0.1) is 0 Å². The highest BCUT2D eigenvalue weighted by atomic mass is 35.5. The number of benzene rings is 2. The van der Waals surface area contributed by atoms with E-state index in [2.05, 4.69) is 17.4 Å². The molecule has 0 aromatic heterocycles. The summed E-state index contributed by atoms with van der Waals surface area (Å²) in [5.41, 5.74) is 1.86. The maximum Gasteiger partial charge on any atom is 0.101 e. The molecule has 0 aliphatic carbocycles. The quantitative estimate of drug-likeness (QED) is 0.918. The third-order valence-corrected chi connectivity index (χ3v) is 3.17. The van der Waals surface area contributed by atoms with Crippen LogP contribution in [0, 0.1) is 0 Å². The fourth-order valence-corrected chi connectivity index (χ4v) is 2.31. The third-order valence-electron chi connectivity index (χ3n) is 2.67. The first-order valence-corrected chi connectivity index (χ1v) is 6.43. The van der Waals surface area contributed by atoms with Gasteiger partial charge in [-0.2, -0.15) is 0 Å². The molecule has 0 radical (unpaired) electrons. The average Bonchev–Trinajstić information content (AvgIpc) is 2.36. The van der Waals surface area contributed by atoms with Gasteiger partial charge in [-0.15, -0.1) is 0 Å². The van der Waals surface area contributed by atoms with E-state index in [1.807, 2.05) is 18.2 Å². The number of halogens is 2. The van der Waals surface area contributed by atoms with Crippen LogP contribution in [0.4, 0.5) is 0 Å². The number of hydrogen-bond donors (Lipinski definition) is 1. The Labute approximate surface area is 116 Å². The van der Waals surface area contributed by atoms with Gasteiger partial charge in [0.25, 0.3) is 0 Å². The van der Waals surface area contributed by atoms with Crippen LogP contribution in [0.15, 0.2) is 42.5 Å². The van der Waals surface area contributed by atoms with E-state index in [9.17, 15) is 5.11 Å². The fraction of sp³-hybridized carbons (Fsp3) is 0.143. The SMILES string of the molecule is [O-]c1c(Cl)cc(Cl)cc1C[NH2+]Cc1ccccc1. The summed E-state index contributed by atoms with van der Waals surface area (Å²) < 4.78 is 0. The van der Waals surface area contributed by atoms with Gasteiger partial charge in [-0.25, -0.2) is 0 Å². The largest absolute Gasteiger partial charge is 0.871 e. The molecule has 4 heteroatoms. The summed E-state index contributed by atoms with van der Waals surface area (Å²) in [6.07, 6.45) is 0. The molecule has 0 bridgehead atoms. The van der Waals surface area contributed by atoms with Crippen molar-refractivity contribution in [2.75, 3.05) is 0 Å². The van der Waals surface area contributed by atoms with Crippen molar-refractivity contribution in [2.45, 2.75) is 13.1 Å². The van der Waals surface area contributed by atoms with Crippen LogP contribution in [0.3, 0.4) is 0 Å². The fourth-order valence-electron chi connectivity index (χ4n) is 1.77. The molecule has 0 aliphatic heterocycles. The Bertz CT molecular complexity index is 529. The zero-order chi connectivity index (χ0) is 13.0. The summed E-state index contributed by atoms with van der Waals surface area (Å²) in [6.45, 7) is 1.40. The van der Waals surface area contributed by atoms with E-state index in [0.717, 1.165) is 6.54 Å². The van der Waals surface area contributed by atoms with E-state index < -0.39 is 0 Å². The maximum absolute atomic E-state index is 11.8. The molecule has 18 heavy (non-hydrogen) atoms. The van der Waals surface area contributed by atoms with Gasteiger partial charge in [-0.1, -0.05) is 59.3 Å². The Morgan fingerprint density at radius 1 is 1.00 bits per heavy atom. The minimum Gasteiger partial charge on any atom is -0.871 e. The molecule has 0 fully saturated rings. The van der Waals surface area contributed by atoms with Crippen LogP contribution in [-0.2, 0) is 13.1 Å². The van der Waals surface area contributed by atoms with Crippen LogP contribution in [-0.4, -0.2) is 0 Å². The molecule has 0 amide bonds. The van der Waals surface area contributed by atoms with Gasteiger partial charge in [0, 0.05) is 21.2 Å². The van der Waals surface area contributed by atoms with Gasteiger partial charge < -0.3 is 10.4 Å². The van der Waals surface area contributed by atoms with Gasteiger partial charge >= 0.3 is 0 Å². The zero-order valence-corrected chi connectivity index (χ0v) is 11.2. The monoisotopic (exact) mass is 281 g/mol. The van der Waals surface area contributed by atoms with Crippen molar-refractivity contribution in [3.05, 3.63) is 63.6 Å². The lowest BCUT2D eigenvalue weighted by atomic mass is 10.2. The molecule has 2 rings (SSSR count). The average molecular weight is 282 g/mol. The summed E-state index contributed by atoms with van der Waals surface area (Å²) >= 11 is 11.7. The molecule has 0 aliphatic rings. The van der Waals surface area contributed by atoms with Crippen molar-refractivity contribution >= 4 is 23.2 Å². The first kappa shape index (κ1) is 13.2. The smallest absolute Gasteiger partial charge is 0.101 e. The van der Waals surface area contributed by atoms with Gasteiger partial charge in [0.1, 0.15) is 13.1 Å². The molecule has 2 nitrogen and oxygen atoms in total. The van der Waals surface area contributed by atoms with E-state index in [4.69, 9.17) is 23.2 Å². The number of nitrogens with two attached hydrogens (primary N) is 1. The summed E-state index contributed by atoms with van der Waals surface area (Å²) in [5.74, 6) is -0.134. The zero-order valence-electron chi connectivity index (χ0n) is 9.70. The lowest BCUT2D eigenvalue weighted by Crippen LogP contribution is -2.80. The minimum atomic E-state index is -0.134. The second-order valence-corrected chi connectivity index (χ2v) is 4.90. The molecule has 0 heterocycles. The molecule has 0 atom stereocenters. The van der Waals surface area contributed by atoms with Gasteiger partial charge in [-0.3, -0.25) is 0 Å². The van der Waals surface area contributed by atoms with Crippen LogP contribution in [0.5, 0.6) is 5.75 Å². The van der Waals surface area contributed by atoms with Crippen molar-refractivity contribution in [2.24, 2.45) is 0 Å².